The predicted molar refractivity (Wildman–Crippen MR) is 82.8 cm³/mol. The van der Waals surface area contributed by atoms with Crippen LogP contribution in [-0.2, 0) is 0 Å². The highest BCUT2D eigenvalue weighted by Crippen LogP contribution is 2.39. The highest BCUT2D eigenvalue weighted by molar-refractivity contribution is 5.93. The van der Waals surface area contributed by atoms with Crippen LogP contribution in [0.3, 0.4) is 0 Å². The summed E-state index contributed by atoms with van der Waals surface area (Å²) in [6.07, 6.45) is 0. The number of nitrogens with zero attached hydrogens (tertiary/aromatic N) is 1. The molecule has 2 aliphatic rings. The molecular formula is C17H15N3O. The van der Waals surface area contributed by atoms with Crippen LogP contribution in [0, 0.1) is 0 Å². The smallest absolute Gasteiger partial charge is 0.194 e. The van der Waals surface area contributed by atoms with Gasteiger partial charge in [0.2, 0.25) is 0 Å². The van der Waals surface area contributed by atoms with E-state index >= 15 is 0 Å². The number of benzene rings is 2. The lowest BCUT2D eigenvalue weighted by atomic mass is 9.92. The van der Waals surface area contributed by atoms with Crippen LogP contribution in [0.15, 0.2) is 65.2 Å². The van der Waals surface area contributed by atoms with Crippen molar-refractivity contribution in [2.75, 3.05) is 6.61 Å². The fourth-order valence-corrected chi connectivity index (χ4v) is 2.85. The fraction of sp³-hybridized carbons (Fsp3) is 0.118. The van der Waals surface area contributed by atoms with Gasteiger partial charge < -0.3 is 15.8 Å². The number of guanidine groups is 1. The lowest BCUT2D eigenvalue weighted by Gasteiger charge is -2.31. The van der Waals surface area contributed by atoms with Gasteiger partial charge >= 0.3 is 0 Å². The summed E-state index contributed by atoms with van der Waals surface area (Å²) in [6, 6.07) is 18.1. The predicted octanol–water partition coefficient (Wildman–Crippen LogP) is 2.45. The molecule has 0 aliphatic carbocycles. The normalized spacial score (nSPS) is 19.8. The molecule has 4 nitrogen and oxygen atoms in total. The molecule has 4 heteroatoms. The lowest BCUT2D eigenvalue weighted by Crippen LogP contribution is -2.38. The summed E-state index contributed by atoms with van der Waals surface area (Å²) in [7, 11) is 0. The number of ether oxygens (including phenoxy) is 1. The van der Waals surface area contributed by atoms with E-state index in [1.807, 2.05) is 42.5 Å². The summed E-state index contributed by atoms with van der Waals surface area (Å²) < 4.78 is 5.87. The van der Waals surface area contributed by atoms with Gasteiger partial charge in [-0.1, -0.05) is 42.5 Å². The molecule has 1 atom stereocenters. The third kappa shape index (κ3) is 1.96. The Kier molecular flexibility index (Phi) is 2.67. The summed E-state index contributed by atoms with van der Waals surface area (Å²) >= 11 is 0. The van der Waals surface area contributed by atoms with Gasteiger partial charge in [0.05, 0.1) is 5.70 Å². The summed E-state index contributed by atoms with van der Waals surface area (Å²) in [4.78, 5) is 4.56. The van der Waals surface area contributed by atoms with Crippen molar-refractivity contribution < 1.29 is 4.74 Å². The standard InChI is InChI=1S/C17H15N3O/c18-17-19-15(11-6-2-1-3-7-11)13-10-21-14-9-5-4-8-12(14)16(13)20-17/h1-9,15H,10H2,(H3,18,19,20). The number of aliphatic imine (C=N–C) groups is 1. The number of fused-ring (bicyclic) bond motifs is 2. The molecule has 0 aromatic heterocycles. The number of hydrogen-bond acceptors (Lipinski definition) is 4. The monoisotopic (exact) mass is 277 g/mol. The van der Waals surface area contributed by atoms with Gasteiger partial charge in [-0.25, -0.2) is 4.99 Å². The van der Waals surface area contributed by atoms with E-state index in [1.54, 1.807) is 0 Å². The van der Waals surface area contributed by atoms with Gasteiger partial charge in [0, 0.05) is 11.1 Å². The molecule has 0 saturated carbocycles. The maximum Gasteiger partial charge on any atom is 0.194 e. The van der Waals surface area contributed by atoms with E-state index in [1.165, 1.54) is 0 Å². The van der Waals surface area contributed by atoms with Crippen molar-refractivity contribution in [1.82, 2.24) is 5.32 Å². The van der Waals surface area contributed by atoms with Crippen LogP contribution in [-0.4, -0.2) is 12.6 Å². The summed E-state index contributed by atoms with van der Waals surface area (Å²) in [5.41, 5.74) is 10.3. The third-order valence-corrected chi connectivity index (χ3v) is 3.83. The van der Waals surface area contributed by atoms with Gasteiger partial charge in [0.15, 0.2) is 5.96 Å². The molecule has 0 saturated heterocycles. The first-order valence-corrected chi connectivity index (χ1v) is 6.93. The fourth-order valence-electron chi connectivity index (χ4n) is 2.85. The number of para-hydroxylation sites is 1. The SMILES string of the molecule is NC1=NC(c2ccccc2)C2=C(N1)c1ccccc1OC2. The van der Waals surface area contributed by atoms with Crippen molar-refractivity contribution in [3.8, 4) is 5.75 Å². The minimum Gasteiger partial charge on any atom is -0.488 e. The Balaban J connectivity index is 1.86. The largest absolute Gasteiger partial charge is 0.488 e. The van der Waals surface area contributed by atoms with Gasteiger partial charge in [-0.05, 0) is 17.7 Å². The molecule has 3 N–H and O–H groups in total. The Morgan fingerprint density at radius 1 is 1.05 bits per heavy atom. The summed E-state index contributed by atoms with van der Waals surface area (Å²) in [5, 5.41) is 3.20. The van der Waals surface area contributed by atoms with Crippen molar-refractivity contribution >= 4 is 11.7 Å². The van der Waals surface area contributed by atoms with Gasteiger partial charge in [-0.3, -0.25) is 0 Å². The van der Waals surface area contributed by atoms with Crippen molar-refractivity contribution in [3.05, 3.63) is 71.3 Å². The van der Waals surface area contributed by atoms with Gasteiger partial charge in [0.1, 0.15) is 18.4 Å². The zero-order valence-electron chi connectivity index (χ0n) is 11.4. The van der Waals surface area contributed by atoms with Crippen LogP contribution in [0.4, 0.5) is 0 Å². The molecule has 0 amide bonds. The molecular weight excluding hydrogens is 262 g/mol. The first kappa shape index (κ1) is 12.0. The second kappa shape index (κ2) is 4.66. The molecule has 2 aromatic rings. The molecule has 2 heterocycles. The molecule has 0 fully saturated rings. The molecule has 104 valence electrons. The molecule has 2 aliphatic heterocycles. The average Bonchev–Trinajstić information content (AvgIpc) is 2.55. The van der Waals surface area contributed by atoms with E-state index < -0.39 is 0 Å². The van der Waals surface area contributed by atoms with Gasteiger partial charge in [0.25, 0.3) is 0 Å². The van der Waals surface area contributed by atoms with E-state index in [0.717, 1.165) is 28.1 Å². The number of nitrogens with two attached hydrogens (primary N) is 1. The average molecular weight is 277 g/mol. The summed E-state index contributed by atoms with van der Waals surface area (Å²) in [6.45, 7) is 0.523. The first-order valence-electron chi connectivity index (χ1n) is 6.93. The highest BCUT2D eigenvalue weighted by atomic mass is 16.5. The molecule has 1 unspecified atom stereocenters. The van der Waals surface area contributed by atoms with Crippen LogP contribution in [0.1, 0.15) is 17.2 Å². The zero-order valence-corrected chi connectivity index (χ0v) is 11.4. The van der Waals surface area contributed by atoms with E-state index in [4.69, 9.17) is 10.5 Å². The number of nitrogens with one attached hydrogen (secondary N) is 1. The first-order chi connectivity index (χ1) is 10.3. The Morgan fingerprint density at radius 2 is 1.81 bits per heavy atom. The minimum absolute atomic E-state index is 0.0872. The minimum atomic E-state index is -0.0872. The maximum atomic E-state index is 5.99. The quantitative estimate of drug-likeness (QED) is 0.841. The Bertz CT molecular complexity index is 750. The second-order valence-electron chi connectivity index (χ2n) is 5.14. The van der Waals surface area contributed by atoms with Crippen LogP contribution in [0.5, 0.6) is 5.75 Å². The highest BCUT2D eigenvalue weighted by Gasteiger charge is 2.30. The Labute approximate surface area is 123 Å². The van der Waals surface area contributed by atoms with Gasteiger partial charge in [-0.2, -0.15) is 0 Å². The molecule has 2 aromatic carbocycles. The molecule has 0 radical (unpaired) electrons. The number of hydrogen-bond donors (Lipinski definition) is 2. The Hall–Kier alpha value is -2.75. The van der Waals surface area contributed by atoms with E-state index in [-0.39, 0.29) is 6.04 Å². The van der Waals surface area contributed by atoms with E-state index in [0.29, 0.717) is 12.6 Å². The maximum absolute atomic E-state index is 5.99. The topological polar surface area (TPSA) is 59.6 Å². The third-order valence-electron chi connectivity index (χ3n) is 3.83. The molecule has 4 rings (SSSR count). The van der Waals surface area contributed by atoms with Crippen LogP contribution in [0.25, 0.3) is 5.70 Å². The van der Waals surface area contributed by atoms with Crippen molar-refractivity contribution in [3.63, 3.8) is 0 Å². The second-order valence-corrected chi connectivity index (χ2v) is 5.14. The summed E-state index contributed by atoms with van der Waals surface area (Å²) in [5.74, 6) is 1.32. The van der Waals surface area contributed by atoms with Crippen LogP contribution >= 0.6 is 0 Å². The zero-order chi connectivity index (χ0) is 14.2. The van der Waals surface area contributed by atoms with Crippen LogP contribution < -0.4 is 15.8 Å². The molecule has 0 bridgehead atoms. The Morgan fingerprint density at radius 3 is 2.67 bits per heavy atom. The van der Waals surface area contributed by atoms with Crippen molar-refractivity contribution in [1.29, 1.82) is 0 Å². The van der Waals surface area contributed by atoms with E-state index in [9.17, 15) is 0 Å². The lowest BCUT2D eigenvalue weighted by molar-refractivity contribution is 0.335. The van der Waals surface area contributed by atoms with Gasteiger partial charge in [-0.15, -0.1) is 0 Å². The number of rotatable bonds is 1. The van der Waals surface area contributed by atoms with E-state index in [2.05, 4.69) is 22.4 Å². The van der Waals surface area contributed by atoms with Crippen molar-refractivity contribution in [2.24, 2.45) is 10.7 Å². The molecule has 21 heavy (non-hydrogen) atoms. The van der Waals surface area contributed by atoms with Crippen molar-refractivity contribution in [2.45, 2.75) is 6.04 Å². The molecule has 0 spiro atoms. The van der Waals surface area contributed by atoms with Crippen LogP contribution in [0.2, 0.25) is 0 Å².